The number of ether oxygens (including phenoxy) is 1. The van der Waals surface area contributed by atoms with Gasteiger partial charge in [-0.2, -0.15) is 19.0 Å². The molecule has 1 heterocycles. The number of methoxy groups -OCH3 is 1. The number of nitrogens with zero attached hydrogens (tertiary/aromatic N) is 2. The third-order valence-corrected chi connectivity index (χ3v) is 2.69. The van der Waals surface area contributed by atoms with Crippen molar-refractivity contribution in [3.05, 3.63) is 46.9 Å². The Hall–Kier alpha value is -2.64. The number of halogens is 3. The summed E-state index contributed by atoms with van der Waals surface area (Å²) in [5, 5.41) is 0. The van der Waals surface area contributed by atoms with Gasteiger partial charge in [0.05, 0.1) is 29.3 Å². The normalized spacial score (nSPS) is 11.2. The first kappa shape index (κ1) is 14.8. The maximum atomic E-state index is 13.0. The monoisotopic (exact) mass is 297 g/mol. The molecule has 0 fully saturated rings. The van der Waals surface area contributed by atoms with E-state index in [0.29, 0.717) is 0 Å². The first-order valence-corrected chi connectivity index (χ1v) is 5.70. The number of hydrazine groups is 1. The van der Waals surface area contributed by atoms with Crippen LogP contribution in [0.5, 0.6) is 5.88 Å². The highest BCUT2D eigenvalue weighted by Gasteiger charge is 2.34. The van der Waals surface area contributed by atoms with Gasteiger partial charge in [-0.05, 0) is 12.1 Å². The van der Waals surface area contributed by atoms with Crippen LogP contribution >= 0.6 is 0 Å². The van der Waals surface area contributed by atoms with E-state index in [1.165, 1.54) is 25.3 Å². The molecule has 109 valence electrons. The number of alkyl halides is 3. The van der Waals surface area contributed by atoms with Gasteiger partial charge in [0.2, 0.25) is 0 Å². The van der Waals surface area contributed by atoms with Crippen LogP contribution < -0.4 is 10.6 Å². The molecule has 0 spiro atoms. The Morgan fingerprint density at radius 1 is 1.33 bits per heavy atom. The fourth-order valence-corrected chi connectivity index (χ4v) is 1.78. The van der Waals surface area contributed by atoms with E-state index in [2.05, 4.69) is 11.1 Å². The topological polar surface area (TPSA) is 68.2 Å². The van der Waals surface area contributed by atoms with Crippen LogP contribution in [0.4, 0.5) is 18.9 Å². The summed E-state index contributed by atoms with van der Waals surface area (Å²) >= 11 is 0. The number of aromatic nitrogens is 1. The predicted molar refractivity (Wildman–Crippen MR) is 67.5 cm³/mol. The smallest absolute Gasteiger partial charge is 0.417 e. The highest BCUT2D eigenvalue weighted by atomic mass is 19.4. The van der Waals surface area contributed by atoms with Gasteiger partial charge in [0, 0.05) is 5.56 Å². The van der Waals surface area contributed by atoms with Crippen LogP contribution in [0, 0.1) is 11.0 Å². The molecule has 5 nitrogen and oxygen atoms in total. The Morgan fingerprint density at radius 3 is 2.57 bits per heavy atom. The summed E-state index contributed by atoms with van der Waals surface area (Å²) in [5.41, 5.74) is -1.20. The van der Waals surface area contributed by atoms with Crippen molar-refractivity contribution < 1.29 is 22.8 Å². The highest BCUT2D eigenvalue weighted by Crippen LogP contribution is 2.37. The van der Waals surface area contributed by atoms with Gasteiger partial charge in [-0.25, -0.2) is 4.98 Å². The number of nitroso groups, excluding NO2 is 1. The zero-order chi connectivity index (χ0) is 15.6. The largest absolute Gasteiger partial charge is 0.476 e. The number of nitrogens with two attached hydrogens (primary N) is 1. The van der Waals surface area contributed by atoms with Gasteiger partial charge >= 0.3 is 11.9 Å². The molecule has 0 aliphatic heterocycles. The molecule has 0 amide bonds. The molecule has 2 aromatic rings. The molecule has 0 aliphatic rings. The van der Waals surface area contributed by atoms with Gasteiger partial charge in [-0.3, -0.25) is 0 Å². The third kappa shape index (κ3) is 2.93. The van der Waals surface area contributed by atoms with E-state index in [9.17, 15) is 18.1 Å². The summed E-state index contributed by atoms with van der Waals surface area (Å²) < 4.78 is 43.8. The van der Waals surface area contributed by atoms with Crippen molar-refractivity contribution in [2.45, 2.75) is 6.18 Å². The van der Waals surface area contributed by atoms with Crippen LogP contribution in [0.1, 0.15) is 5.56 Å². The fourth-order valence-electron chi connectivity index (χ4n) is 1.78. The summed E-state index contributed by atoms with van der Waals surface area (Å²) in [7, 11) is 1.22. The minimum absolute atomic E-state index is 0.0225. The standard InChI is InChI=1S/C13H10F3N3O2/c1-21-12-11(19(17)20)7-6-10(18-12)8-4-2-3-5-9(8)13(14,15)16/h2-6H,1H3,(H2,17,20)/q+1. The molecule has 0 bridgehead atoms. The maximum Gasteiger partial charge on any atom is 0.417 e. The van der Waals surface area contributed by atoms with Crippen molar-refractivity contribution in [3.8, 4) is 17.1 Å². The lowest BCUT2D eigenvalue weighted by atomic mass is 10.0. The second-order valence-electron chi connectivity index (χ2n) is 4.01. The molecule has 8 heteroatoms. The molecule has 1 aromatic carbocycles. The first-order valence-electron chi connectivity index (χ1n) is 5.70. The van der Waals surface area contributed by atoms with Crippen molar-refractivity contribution >= 4 is 5.69 Å². The average molecular weight is 297 g/mol. The molecule has 2 N–H and O–H groups in total. The Labute approximate surface area is 117 Å². The summed E-state index contributed by atoms with van der Waals surface area (Å²) in [5.74, 6) is 4.82. The third-order valence-electron chi connectivity index (χ3n) is 2.69. The fraction of sp³-hybridized carbons (Fsp3) is 0.154. The van der Waals surface area contributed by atoms with Crippen LogP contribution in [0.25, 0.3) is 11.3 Å². The van der Waals surface area contributed by atoms with Gasteiger partial charge in [-0.15, -0.1) is 0 Å². The average Bonchev–Trinajstić information content (AvgIpc) is 2.45. The Balaban J connectivity index is 2.61. The number of hydrogen-bond donors (Lipinski definition) is 1. The van der Waals surface area contributed by atoms with E-state index < -0.39 is 11.7 Å². The lowest BCUT2D eigenvalue weighted by Gasteiger charge is -2.12. The van der Waals surface area contributed by atoms with Crippen molar-refractivity contribution in [2.75, 3.05) is 7.11 Å². The Morgan fingerprint density at radius 2 is 2.00 bits per heavy atom. The molecule has 0 saturated heterocycles. The van der Waals surface area contributed by atoms with Crippen molar-refractivity contribution in [1.29, 1.82) is 0 Å². The molecule has 21 heavy (non-hydrogen) atoms. The molecule has 0 saturated carbocycles. The van der Waals surface area contributed by atoms with Gasteiger partial charge in [-0.1, -0.05) is 18.2 Å². The second-order valence-corrected chi connectivity index (χ2v) is 4.01. The molecule has 1 aromatic heterocycles. The molecule has 0 atom stereocenters. The lowest BCUT2D eigenvalue weighted by molar-refractivity contribution is -0.475. The van der Waals surface area contributed by atoms with Crippen LogP contribution in [0.3, 0.4) is 0 Å². The van der Waals surface area contributed by atoms with E-state index >= 15 is 0 Å². The van der Waals surface area contributed by atoms with E-state index in [4.69, 9.17) is 10.6 Å². The number of pyridine rings is 1. The van der Waals surface area contributed by atoms with E-state index in [1.807, 2.05) is 0 Å². The zero-order valence-corrected chi connectivity index (χ0v) is 10.8. The quantitative estimate of drug-likeness (QED) is 0.537. The SMILES string of the molecule is COc1nc(-c2ccccc2C(F)(F)F)c[c]c1[N+](N)=O. The molecule has 0 unspecified atom stereocenters. The number of hydrogen-bond acceptors (Lipinski definition) is 3. The first-order chi connectivity index (χ1) is 9.84. The van der Waals surface area contributed by atoms with Gasteiger partial charge in [0.1, 0.15) is 0 Å². The van der Waals surface area contributed by atoms with Gasteiger partial charge < -0.3 is 4.74 Å². The summed E-state index contributed by atoms with van der Waals surface area (Å²) in [6.45, 7) is 0. The van der Waals surface area contributed by atoms with E-state index in [0.717, 1.165) is 12.1 Å². The van der Waals surface area contributed by atoms with Crippen molar-refractivity contribution in [1.82, 2.24) is 4.98 Å². The van der Waals surface area contributed by atoms with Crippen molar-refractivity contribution in [3.63, 3.8) is 0 Å². The van der Waals surface area contributed by atoms with Crippen LogP contribution in [-0.2, 0) is 6.18 Å². The maximum absolute atomic E-state index is 13.0. The summed E-state index contributed by atoms with van der Waals surface area (Å²) in [6, 6.07) is 8.57. The summed E-state index contributed by atoms with van der Waals surface area (Å²) in [6.07, 6.45) is -4.53. The molecule has 2 rings (SSSR count). The zero-order valence-electron chi connectivity index (χ0n) is 10.8. The minimum Gasteiger partial charge on any atom is -0.476 e. The molecular weight excluding hydrogens is 287 g/mol. The van der Waals surface area contributed by atoms with E-state index in [-0.39, 0.29) is 27.7 Å². The predicted octanol–water partition coefficient (Wildman–Crippen LogP) is 2.86. The summed E-state index contributed by atoms with van der Waals surface area (Å²) in [4.78, 5) is 14.9. The van der Waals surface area contributed by atoms with Crippen LogP contribution in [0.2, 0.25) is 0 Å². The molecular formula is C13H10F3N3O2+. The Kier molecular flexibility index (Phi) is 3.79. The lowest BCUT2D eigenvalue weighted by Crippen LogP contribution is -2.11. The molecule has 0 aliphatic carbocycles. The van der Waals surface area contributed by atoms with Crippen molar-refractivity contribution in [2.24, 2.45) is 5.84 Å². The minimum atomic E-state index is -4.53. The van der Waals surface area contributed by atoms with Crippen LogP contribution in [-0.4, -0.2) is 17.0 Å². The van der Waals surface area contributed by atoms with Crippen LogP contribution in [0.15, 0.2) is 30.3 Å². The van der Waals surface area contributed by atoms with E-state index in [1.54, 1.807) is 0 Å². The van der Waals surface area contributed by atoms with Gasteiger partial charge in [0.15, 0.2) is 4.87 Å². The van der Waals surface area contributed by atoms with Gasteiger partial charge in [0.25, 0.3) is 5.88 Å². The number of benzene rings is 1. The molecule has 1 radical (unpaired) electrons. The Bertz CT molecular complexity index is 687. The highest BCUT2D eigenvalue weighted by molar-refractivity contribution is 5.66. The second kappa shape index (κ2) is 5.39. The number of rotatable bonds is 3.